The number of amides is 1. The van der Waals surface area contributed by atoms with Crippen LogP contribution in [0.4, 0.5) is 5.82 Å². The monoisotopic (exact) mass is 508 g/mol. The summed E-state index contributed by atoms with van der Waals surface area (Å²) in [5.74, 6) is 1.95. The van der Waals surface area contributed by atoms with Gasteiger partial charge >= 0.3 is 0 Å². The number of aryl methyl sites for hydroxylation is 1. The molecule has 2 aliphatic rings. The molecule has 0 atom stereocenters. The minimum Gasteiger partial charge on any atom is -0.390 e. The van der Waals surface area contributed by atoms with Crippen molar-refractivity contribution in [1.29, 1.82) is 0 Å². The highest BCUT2D eigenvalue weighted by molar-refractivity contribution is 7.19. The van der Waals surface area contributed by atoms with Gasteiger partial charge in [-0.05, 0) is 81.8 Å². The molecule has 5 rings (SSSR count). The molecule has 8 heteroatoms. The fourth-order valence-corrected chi connectivity index (χ4v) is 7.53. The summed E-state index contributed by atoms with van der Waals surface area (Å²) in [5.41, 5.74) is 11.7. The number of carbonyl (C=O) groups is 1. The maximum Gasteiger partial charge on any atom is 0.236 e. The summed E-state index contributed by atoms with van der Waals surface area (Å²) in [6.45, 7) is 8.96. The number of likely N-dealkylation sites (N-methyl/N-ethyl adjacent to an activating group) is 1. The molecular formula is C28H40N6OS. The van der Waals surface area contributed by atoms with E-state index in [9.17, 15) is 4.79 Å². The zero-order chi connectivity index (χ0) is 25.6. The standard InChI is InChI=1S/C28H38N6OS.H2/c1-17(2)24-25(20-10-18(3)27(30-12-20)31-16-29)32-21-11-22(36-26(21)24)19-6-8-28(9-7-19)14-34(15-28)23(35)13-33(4)5;/h10-12,16-17,19,32H,6-9,13-15H2,1-5H3,(H2,29,30,31);1H. The number of H-pyrrole nitrogens is 1. The molecule has 0 radical (unpaired) electrons. The zero-order valence-corrected chi connectivity index (χ0v) is 22.9. The van der Waals surface area contributed by atoms with Crippen LogP contribution in [0.5, 0.6) is 0 Å². The number of hydrogen-bond donors (Lipinski definition) is 2. The molecule has 1 aliphatic carbocycles. The summed E-state index contributed by atoms with van der Waals surface area (Å²) in [6.07, 6.45) is 8.06. The number of nitrogens with two attached hydrogens (primary N) is 1. The number of nitrogens with zero attached hydrogens (tertiary/aromatic N) is 4. The SMILES string of the molecule is Cc1cc(-c2[nH]c3cc(C4CCC5(CC4)CN(C(=O)CN(C)C)C5)sc3c2C(C)C)cnc1N=CN.[HH]. The number of nitrogens with one attached hydrogen (secondary N) is 1. The maximum absolute atomic E-state index is 12.4. The molecule has 1 aliphatic heterocycles. The number of aromatic nitrogens is 2. The van der Waals surface area contributed by atoms with E-state index in [-0.39, 0.29) is 7.33 Å². The van der Waals surface area contributed by atoms with Crippen LogP contribution in [0.3, 0.4) is 0 Å². The molecule has 0 unspecified atom stereocenters. The smallest absolute Gasteiger partial charge is 0.236 e. The lowest BCUT2D eigenvalue weighted by Gasteiger charge is -2.53. The Morgan fingerprint density at radius 3 is 2.69 bits per heavy atom. The molecule has 0 aromatic carbocycles. The predicted molar refractivity (Wildman–Crippen MR) is 151 cm³/mol. The number of aromatic amines is 1. The Bertz CT molecular complexity index is 1290. The summed E-state index contributed by atoms with van der Waals surface area (Å²) in [5, 5.41) is 0. The molecule has 1 amide bonds. The topological polar surface area (TPSA) is 90.6 Å². The van der Waals surface area contributed by atoms with E-state index in [0.717, 1.165) is 29.9 Å². The van der Waals surface area contributed by atoms with Gasteiger partial charge in [-0.15, -0.1) is 11.3 Å². The van der Waals surface area contributed by atoms with Crippen molar-refractivity contribution in [3.8, 4) is 11.3 Å². The Kier molecular flexibility index (Phi) is 6.68. The van der Waals surface area contributed by atoms with Crippen molar-refractivity contribution in [2.45, 2.75) is 58.3 Å². The molecule has 4 heterocycles. The number of pyridine rings is 1. The fourth-order valence-electron chi connectivity index (χ4n) is 6.05. The van der Waals surface area contributed by atoms with Gasteiger partial charge in [0, 0.05) is 36.6 Å². The van der Waals surface area contributed by atoms with Gasteiger partial charge in [0.15, 0.2) is 5.82 Å². The quantitative estimate of drug-likeness (QED) is 0.333. The molecule has 194 valence electrons. The van der Waals surface area contributed by atoms with Crippen LogP contribution in [0.25, 0.3) is 21.5 Å². The number of likely N-dealkylation sites (tertiary alicyclic amines) is 1. The third-order valence-corrected chi connectivity index (χ3v) is 9.27. The van der Waals surface area contributed by atoms with Gasteiger partial charge in [-0.25, -0.2) is 9.98 Å². The predicted octanol–water partition coefficient (Wildman–Crippen LogP) is 5.64. The molecule has 7 nitrogen and oxygen atoms in total. The van der Waals surface area contributed by atoms with Crippen LogP contribution in [0, 0.1) is 12.3 Å². The van der Waals surface area contributed by atoms with Crippen molar-refractivity contribution >= 4 is 39.6 Å². The van der Waals surface area contributed by atoms with E-state index < -0.39 is 0 Å². The average Bonchev–Trinajstić information content (AvgIpc) is 3.36. The molecule has 3 aromatic heterocycles. The molecule has 3 aromatic rings. The lowest BCUT2D eigenvalue weighted by Crippen LogP contribution is -2.60. The van der Waals surface area contributed by atoms with Gasteiger partial charge in [0.25, 0.3) is 0 Å². The van der Waals surface area contributed by atoms with Crippen molar-refractivity contribution < 1.29 is 6.22 Å². The van der Waals surface area contributed by atoms with E-state index in [4.69, 9.17) is 5.73 Å². The number of hydrogen-bond acceptors (Lipinski definition) is 5. The van der Waals surface area contributed by atoms with Gasteiger partial charge in [-0.1, -0.05) is 13.8 Å². The molecule has 1 saturated carbocycles. The van der Waals surface area contributed by atoms with Gasteiger partial charge in [0.2, 0.25) is 5.91 Å². The summed E-state index contributed by atoms with van der Waals surface area (Å²) in [7, 11) is 3.92. The van der Waals surface area contributed by atoms with Crippen molar-refractivity contribution in [1.82, 2.24) is 19.8 Å². The van der Waals surface area contributed by atoms with Crippen LogP contribution in [0.1, 0.15) is 68.8 Å². The first-order chi connectivity index (χ1) is 17.2. The first kappa shape index (κ1) is 25.0. The van der Waals surface area contributed by atoms with Crippen LogP contribution < -0.4 is 5.73 Å². The van der Waals surface area contributed by atoms with Crippen LogP contribution in [-0.2, 0) is 4.79 Å². The third kappa shape index (κ3) is 4.57. The Balaban J connectivity index is 0.00000320. The van der Waals surface area contributed by atoms with Crippen molar-refractivity contribution in [2.24, 2.45) is 16.1 Å². The second-order valence-electron chi connectivity index (χ2n) is 11.4. The Morgan fingerprint density at radius 1 is 1.36 bits per heavy atom. The van der Waals surface area contributed by atoms with Crippen molar-refractivity contribution in [2.75, 3.05) is 33.7 Å². The lowest BCUT2D eigenvalue weighted by molar-refractivity contribution is -0.146. The minimum atomic E-state index is 0. The Morgan fingerprint density at radius 2 is 2.08 bits per heavy atom. The average molecular weight is 509 g/mol. The highest BCUT2D eigenvalue weighted by Crippen LogP contribution is 2.51. The highest BCUT2D eigenvalue weighted by atomic mass is 32.1. The van der Waals surface area contributed by atoms with Crippen molar-refractivity contribution in [3.05, 3.63) is 34.3 Å². The molecule has 2 fully saturated rings. The Hall–Kier alpha value is -2.71. The Labute approximate surface area is 219 Å². The summed E-state index contributed by atoms with van der Waals surface area (Å²) < 4.78 is 1.38. The fraction of sp³-hybridized carbons (Fsp3) is 0.536. The zero-order valence-electron chi connectivity index (χ0n) is 22.1. The van der Waals surface area contributed by atoms with E-state index >= 15 is 0 Å². The first-order valence-electron chi connectivity index (χ1n) is 13.0. The summed E-state index contributed by atoms with van der Waals surface area (Å²) >= 11 is 1.97. The van der Waals surface area contributed by atoms with Crippen LogP contribution in [0.2, 0.25) is 0 Å². The van der Waals surface area contributed by atoms with E-state index in [0.29, 0.717) is 29.6 Å². The van der Waals surface area contributed by atoms with Gasteiger partial charge in [0.05, 0.1) is 28.8 Å². The molecular weight excluding hydrogens is 468 g/mol. The van der Waals surface area contributed by atoms with Crippen LogP contribution in [-0.4, -0.2) is 65.7 Å². The van der Waals surface area contributed by atoms with E-state index in [2.05, 4.69) is 45.8 Å². The van der Waals surface area contributed by atoms with E-state index in [1.807, 2.05) is 43.5 Å². The molecule has 1 spiro atoms. The second-order valence-corrected chi connectivity index (χ2v) is 12.4. The largest absolute Gasteiger partial charge is 0.390 e. The molecule has 36 heavy (non-hydrogen) atoms. The lowest BCUT2D eigenvalue weighted by atomic mass is 9.65. The van der Waals surface area contributed by atoms with Gasteiger partial charge in [-0.2, -0.15) is 0 Å². The van der Waals surface area contributed by atoms with Gasteiger partial charge in [0.1, 0.15) is 0 Å². The minimum absolute atomic E-state index is 0. The van der Waals surface area contributed by atoms with Crippen LogP contribution in [0.15, 0.2) is 23.3 Å². The maximum atomic E-state index is 12.4. The van der Waals surface area contributed by atoms with Gasteiger partial charge in [-0.3, -0.25) is 4.79 Å². The van der Waals surface area contributed by atoms with Crippen molar-refractivity contribution in [3.63, 3.8) is 0 Å². The van der Waals surface area contributed by atoms with E-state index in [1.54, 1.807) is 0 Å². The number of rotatable bonds is 6. The number of thiophene rings is 1. The van der Waals surface area contributed by atoms with Crippen LogP contribution >= 0.6 is 11.3 Å². The molecule has 3 N–H and O–H groups in total. The summed E-state index contributed by atoms with van der Waals surface area (Å²) in [6, 6.07) is 4.53. The highest BCUT2D eigenvalue weighted by Gasteiger charge is 2.47. The molecule has 0 bridgehead atoms. The third-order valence-electron chi connectivity index (χ3n) is 7.94. The normalized spacial score (nSPS) is 18.2. The summed E-state index contributed by atoms with van der Waals surface area (Å²) in [4.78, 5) is 30.3. The van der Waals surface area contributed by atoms with E-state index in [1.165, 1.54) is 52.7 Å². The van der Waals surface area contributed by atoms with Gasteiger partial charge < -0.3 is 20.5 Å². The number of aliphatic imine (C=N–C) groups is 1. The number of fused-ring (bicyclic) bond motifs is 1. The number of carbonyl (C=O) groups excluding carboxylic acids is 1. The second kappa shape index (κ2) is 9.63. The molecule has 1 saturated heterocycles. The first-order valence-corrected chi connectivity index (χ1v) is 13.8.